The number of hydrogen-bond donors (Lipinski definition) is 2. The maximum Gasteiger partial charge on any atom is 0.268 e. The molecular formula is C19H21N3O3. The van der Waals surface area contributed by atoms with Crippen LogP contribution in [-0.4, -0.2) is 22.2 Å². The lowest BCUT2D eigenvalue weighted by molar-refractivity contribution is -0.116. The Bertz CT molecular complexity index is 867. The number of aryl methyl sites for hydroxylation is 2. The number of rotatable bonds is 4. The standard InChI is InChI=1S/C19H21N3O3/c1-11(13-4-6-16-14(8-13)5-7-18(24)21-16)20-19(25)17-9-15(12(2)23)10-22(17)3/h4,6,8-11H,5,7H2,1-3H3,(H,20,25)(H,21,24). The third-order valence-corrected chi connectivity index (χ3v) is 4.52. The van der Waals surface area contributed by atoms with E-state index in [-0.39, 0.29) is 23.6 Å². The minimum atomic E-state index is -0.228. The van der Waals surface area contributed by atoms with Gasteiger partial charge in [0.2, 0.25) is 5.91 Å². The highest BCUT2D eigenvalue weighted by molar-refractivity contribution is 5.99. The molecule has 1 aliphatic heterocycles. The molecule has 1 aromatic heterocycles. The number of hydrogen-bond acceptors (Lipinski definition) is 3. The van der Waals surface area contributed by atoms with Gasteiger partial charge in [0.15, 0.2) is 5.78 Å². The molecule has 0 aliphatic carbocycles. The SMILES string of the molecule is CC(=O)c1cc(C(=O)NC(C)c2ccc3c(c2)CCC(=O)N3)n(C)c1. The minimum absolute atomic E-state index is 0.0339. The van der Waals surface area contributed by atoms with Gasteiger partial charge in [0.05, 0.1) is 6.04 Å². The molecule has 2 amide bonds. The zero-order chi connectivity index (χ0) is 18.1. The van der Waals surface area contributed by atoms with Crippen molar-refractivity contribution >= 4 is 23.3 Å². The molecule has 2 N–H and O–H groups in total. The third kappa shape index (κ3) is 3.47. The Hall–Kier alpha value is -2.89. The number of carbonyl (C=O) groups is 3. The van der Waals surface area contributed by atoms with E-state index in [1.54, 1.807) is 23.9 Å². The zero-order valence-corrected chi connectivity index (χ0v) is 14.6. The van der Waals surface area contributed by atoms with E-state index in [4.69, 9.17) is 0 Å². The van der Waals surface area contributed by atoms with E-state index >= 15 is 0 Å². The lowest BCUT2D eigenvalue weighted by Gasteiger charge is -2.20. The second-order valence-corrected chi connectivity index (χ2v) is 6.44. The zero-order valence-electron chi connectivity index (χ0n) is 14.6. The normalized spacial score (nSPS) is 14.4. The van der Waals surface area contributed by atoms with Crippen LogP contribution in [0.4, 0.5) is 5.69 Å². The van der Waals surface area contributed by atoms with Crippen molar-refractivity contribution in [2.75, 3.05) is 5.32 Å². The highest BCUT2D eigenvalue weighted by Gasteiger charge is 2.19. The van der Waals surface area contributed by atoms with E-state index in [0.717, 1.165) is 16.8 Å². The summed E-state index contributed by atoms with van der Waals surface area (Å²) in [5, 5.41) is 5.81. The van der Waals surface area contributed by atoms with Crippen LogP contribution in [0.1, 0.15) is 58.3 Å². The Balaban J connectivity index is 1.76. The molecule has 130 valence electrons. The molecule has 25 heavy (non-hydrogen) atoms. The molecule has 0 saturated carbocycles. The highest BCUT2D eigenvalue weighted by atomic mass is 16.2. The second kappa shape index (κ2) is 6.55. The van der Waals surface area contributed by atoms with Crippen LogP contribution in [0.15, 0.2) is 30.5 Å². The molecule has 1 aliphatic rings. The minimum Gasteiger partial charge on any atom is -0.346 e. The molecular weight excluding hydrogens is 318 g/mol. The predicted octanol–water partition coefficient (Wildman–Crippen LogP) is 2.60. The van der Waals surface area contributed by atoms with E-state index in [1.165, 1.54) is 6.92 Å². The van der Waals surface area contributed by atoms with Crippen molar-refractivity contribution in [2.45, 2.75) is 32.7 Å². The van der Waals surface area contributed by atoms with Crippen molar-refractivity contribution in [3.8, 4) is 0 Å². The monoisotopic (exact) mass is 339 g/mol. The number of fused-ring (bicyclic) bond motifs is 1. The van der Waals surface area contributed by atoms with Gasteiger partial charge >= 0.3 is 0 Å². The topological polar surface area (TPSA) is 80.2 Å². The fourth-order valence-corrected chi connectivity index (χ4v) is 3.01. The molecule has 3 rings (SSSR count). The number of nitrogens with zero attached hydrogens (tertiary/aromatic N) is 1. The van der Waals surface area contributed by atoms with Crippen molar-refractivity contribution in [2.24, 2.45) is 7.05 Å². The second-order valence-electron chi connectivity index (χ2n) is 6.44. The number of nitrogens with one attached hydrogen (secondary N) is 2. The van der Waals surface area contributed by atoms with E-state index in [9.17, 15) is 14.4 Å². The molecule has 0 fully saturated rings. The number of aromatic nitrogens is 1. The molecule has 6 nitrogen and oxygen atoms in total. The van der Waals surface area contributed by atoms with Gasteiger partial charge in [0.25, 0.3) is 5.91 Å². The summed E-state index contributed by atoms with van der Waals surface area (Å²) in [6.45, 7) is 3.39. The number of benzene rings is 1. The number of ketones is 1. The smallest absolute Gasteiger partial charge is 0.268 e. The fourth-order valence-electron chi connectivity index (χ4n) is 3.01. The van der Waals surface area contributed by atoms with Gasteiger partial charge in [-0.05, 0) is 43.5 Å². The number of Topliss-reactive ketones (excluding diaryl/α,β-unsaturated/α-hetero) is 1. The summed E-state index contributed by atoms with van der Waals surface area (Å²) >= 11 is 0. The van der Waals surface area contributed by atoms with Gasteiger partial charge in [-0.2, -0.15) is 0 Å². The maximum absolute atomic E-state index is 12.5. The van der Waals surface area contributed by atoms with Crippen molar-refractivity contribution < 1.29 is 14.4 Å². The van der Waals surface area contributed by atoms with Crippen molar-refractivity contribution in [3.05, 3.63) is 52.8 Å². The quantitative estimate of drug-likeness (QED) is 0.840. The van der Waals surface area contributed by atoms with Crippen molar-refractivity contribution in [3.63, 3.8) is 0 Å². The van der Waals surface area contributed by atoms with Crippen LogP contribution in [0.5, 0.6) is 0 Å². The van der Waals surface area contributed by atoms with Gasteiger partial charge in [0, 0.05) is 30.9 Å². The van der Waals surface area contributed by atoms with Crippen molar-refractivity contribution in [1.29, 1.82) is 0 Å². The van der Waals surface area contributed by atoms with E-state index in [0.29, 0.717) is 24.1 Å². The van der Waals surface area contributed by atoms with E-state index in [1.807, 2.05) is 25.1 Å². The number of carbonyl (C=O) groups excluding carboxylic acids is 3. The Morgan fingerprint density at radius 1 is 1.24 bits per heavy atom. The lowest BCUT2D eigenvalue weighted by atomic mass is 9.98. The molecule has 1 unspecified atom stereocenters. The Morgan fingerprint density at radius 2 is 2.00 bits per heavy atom. The Morgan fingerprint density at radius 3 is 2.68 bits per heavy atom. The maximum atomic E-state index is 12.5. The lowest BCUT2D eigenvalue weighted by Crippen LogP contribution is -2.28. The summed E-state index contributed by atoms with van der Waals surface area (Å²) in [6, 6.07) is 7.21. The number of amides is 2. The summed E-state index contributed by atoms with van der Waals surface area (Å²) in [6.07, 6.45) is 2.84. The molecule has 0 bridgehead atoms. The molecule has 1 atom stereocenters. The molecule has 0 radical (unpaired) electrons. The number of anilines is 1. The van der Waals surface area contributed by atoms with Gasteiger partial charge in [-0.3, -0.25) is 14.4 Å². The van der Waals surface area contributed by atoms with Crippen LogP contribution >= 0.6 is 0 Å². The van der Waals surface area contributed by atoms with Crippen LogP contribution in [0.2, 0.25) is 0 Å². The van der Waals surface area contributed by atoms with Gasteiger partial charge in [-0.25, -0.2) is 0 Å². The molecule has 0 saturated heterocycles. The first kappa shape index (κ1) is 17.0. The summed E-state index contributed by atoms with van der Waals surface area (Å²) in [4.78, 5) is 35.4. The Kier molecular flexibility index (Phi) is 4.44. The van der Waals surface area contributed by atoms with Gasteiger partial charge in [-0.15, -0.1) is 0 Å². The summed E-state index contributed by atoms with van der Waals surface area (Å²) in [7, 11) is 1.74. The average molecular weight is 339 g/mol. The van der Waals surface area contributed by atoms with Crippen LogP contribution in [0.25, 0.3) is 0 Å². The van der Waals surface area contributed by atoms with Crippen LogP contribution in [-0.2, 0) is 18.3 Å². The summed E-state index contributed by atoms with van der Waals surface area (Å²) < 4.78 is 1.65. The first-order valence-corrected chi connectivity index (χ1v) is 8.26. The molecule has 6 heteroatoms. The highest BCUT2D eigenvalue weighted by Crippen LogP contribution is 2.26. The van der Waals surface area contributed by atoms with Crippen LogP contribution in [0, 0.1) is 0 Å². The average Bonchev–Trinajstić information content (AvgIpc) is 2.96. The van der Waals surface area contributed by atoms with E-state index < -0.39 is 0 Å². The third-order valence-electron chi connectivity index (χ3n) is 4.52. The molecule has 2 aromatic rings. The fraction of sp³-hybridized carbons (Fsp3) is 0.316. The van der Waals surface area contributed by atoms with Crippen molar-refractivity contribution in [1.82, 2.24) is 9.88 Å². The van der Waals surface area contributed by atoms with Gasteiger partial charge in [-0.1, -0.05) is 12.1 Å². The first-order chi connectivity index (χ1) is 11.8. The molecule has 1 aromatic carbocycles. The summed E-state index contributed by atoms with van der Waals surface area (Å²) in [5.41, 5.74) is 3.86. The summed E-state index contributed by atoms with van der Waals surface area (Å²) in [5.74, 6) is -0.264. The van der Waals surface area contributed by atoms with Crippen LogP contribution < -0.4 is 10.6 Å². The first-order valence-electron chi connectivity index (χ1n) is 8.26. The predicted molar refractivity (Wildman–Crippen MR) is 94.7 cm³/mol. The molecule has 2 heterocycles. The van der Waals surface area contributed by atoms with Crippen LogP contribution in [0.3, 0.4) is 0 Å². The largest absolute Gasteiger partial charge is 0.346 e. The van der Waals surface area contributed by atoms with Gasteiger partial charge < -0.3 is 15.2 Å². The van der Waals surface area contributed by atoms with E-state index in [2.05, 4.69) is 10.6 Å². The Labute approximate surface area is 146 Å². The molecule has 0 spiro atoms. The van der Waals surface area contributed by atoms with Gasteiger partial charge in [0.1, 0.15) is 5.69 Å².